The Balaban J connectivity index is 2.23. The summed E-state index contributed by atoms with van der Waals surface area (Å²) >= 11 is 5.80. The fourth-order valence-corrected chi connectivity index (χ4v) is 2.22. The SMILES string of the molecule is O=C(O)CCOc1ccc(Oc2ccc(C(F)(F)F)cc2Cl)cc1C(=O)O. The van der Waals surface area contributed by atoms with Gasteiger partial charge in [-0.15, -0.1) is 0 Å². The second-order valence-electron chi connectivity index (χ2n) is 5.20. The molecule has 0 saturated carbocycles. The van der Waals surface area contributed by atoms with Crippen LogP contribution in [0.3, 0.4) is 0 Å². The van der Waals surface area contributed by atoms with Crippen molar-refractivity contribution < 1.29 is 42.4 Å². The normalized spacial score (nSPS) is 11.1. The summed E-state index contributed by atoms with van der Waals surface area (Å²) in [7, 11) is 0. The molecular weight excluding hydrogens is 393 g/mol. The number of carboxylic acid groups (broad SMARTS) is 2. The number of alkyl halides is 3. The van der Waals surface area contributed by atoms with Crippen molar-refractivity contribution in [3.8, 4) is 17.2 Å². The molecule has 0 amide bonds. The van der Waals surface area contributed by atoms with Crippen molar-refractivity contribution in [1.82, 2.24) is 0 Å². The van der Waals surface area contributed by atoms with Crippen molar-refractivity contribution in [1.29, 1.82) is 0 Å². The van der Waals surface area contributed by atoms with E-state index in [1.54, 1.807) is 0 Å². The Labute approximate surface area is 155 Å². The molecule has 0 aliphatic rings. The van der Waals surface area contributed by atoms with E-state index in [0.29, 0.717) is 6.07 Å². The molecular formula is C17H12ClF3O6. The summed E-state index contributed by atoms with van der Waals surface area (Å²) < 4.78 is 48.4. The largest absolute Gasteiger partial charge is 0.492 e. The van der Waals surface area contributed by atoms with Crippen LogP contribution in [0.1, 0.15) is 22.3 Å². The summed E-state index contributed by atoms with van der Waals surface area (Å²) in [6.45, 7) is -0.236. The van der Waals surface area contributed by atoms with Crippen molar-refractivity contribution >= 4 is 23.5 Å². The molecule has 0 radical (unpaired) electrons. The van der Waals surface area contributed by atoms with E-state index in [2.05, 4.69) is 0 Å². The Bertz CT molecular complexity index is 866. The number of benzene rings is 2. The first kappa shape index (κ1) is 20.4. The molecule has 0 spiro atoms. The van der Waals surface area contributed by atoms with Gasteiger partial charge in [0.15, 0.2) is 0 Å². The molecule has 144 valence electrons. The fourth-order valence-electron chi connectivity index (χ4n) is 2.00. The molecule has 0 bridgehead atoms. The van der Waals surface area contributed by atoms with Crippen LogP contribution in [0.5, 0.6) is 17.2 Å². The molecule has 2 N–H and O–H groups in total. The van der Waals surface area contributed by atoms with E-state index in [9.17, 15) is 27.9 Å². The van der Waals surface area contributed by atoms with Gasteiger partial charge in [0.2, 0.25) is 0 Å². The predicted molar refractivity (Wildman–Crippen MR) is 87.7 cm³/mol. The minimum Gasteiger partial charge on any atom is -0.492 e. The highest BCUT2D eigenvalue weighted by Crippen LogP contribution is 2.37. The average molecular weight is 405 g/mol. The lowest BCUT2D eigenvalue weighted by atomic mass is 10.2. The molecule has 0 fully saturated rings. The molecule has 2 aromatic carbocycles. The standard InChI is InChI=1S/C17H12ClF3O6/c18-12-7-9(17(19,20)21)1-3-14(12)27-10-2-4-13(11(8-10)16(24)25)26-6-5-15(22)23/h1-4,7-8H,5-6H2,(H,22,23)(H,24,25). The number of ether oxygens (including phenoxy) is 2. The van der Waals surface area contributed by atoms with Gasteiger partial charge in [0, 0.05) is 0 Å². The van der Waals surface area contributed by atoms with Crippen molar-refractivity contribution in [2.24, 2.45) is 0 Å². The Hall–Kier alpha value is -2.94. The first-order chi connectivity index (χ1) is 12.6. The van der Waals surface area contributed by atoms with Crippen LogP contribution in [-0.4, -0.2) is 28.8 Å². The highest BCUT2D eigenvalue weighted by atomic mass is 35.5. The fraction of sp³-hybridized carbons (Fsp3) is 0.176. The van der Waals surface area contributed by atoms with E-state index in [0.717, 1.165) is 18.2 Å². The average Bonchev–Trinajstić information content (AvgIpc) is 2.56. The maximum atomic E-state index is 12.6. The molecule has 0 saturated heterocycles. The van der Waals surface area contributed by atoms with E-state index >= 15 is 0 Å². The monoisotopic (exact) mass is 404 g/mol. The van der Waals surface area contributed by atoms with E-state index in [-0.39, 0.29) is 40.9 Å². The molecule has 27 heavy (non-hydrogen) atoms. The van der Waals surface area contributed by atoms with Gasteiger partial charge in [0.25, 0.3) is 0 Å². The second-order valence-corrected chi connectivity index (χ2v) is 5.61. The van der Waals surface area contributed by atoms with Gasteiger partial charge in [-0.3, -0.25) is 4.79 Å². The summed E-state index contributed by atoms with van der Waals surface area (Å²) in [6, 6.07) is 6.14. The Morgan fingerprint density at radius 3 is 2.26 bits per heavy atom. The van der Waals surface area contributed by atoms with Gasteiger partial charge in [0.05, 0.1) is 23.6 Å². The smallest absolute Gasteiger partial charge is 0.416 e. The van der Waals surface area contributed by atoms with Gasteiger partial charge >= 0.3 is 18.1 Å². The summed E-state index contributed by atoms with van der Waals surface area (Å²) in [6.07, 6.45) is -4.88. The number of aliphatic carboxylic acids is 1. The lowest BCUT2D eigenvalue weighted by Gasteiger charge is -2.13. The molecule has 10 heteroatoms. The van der Waals surface area contributed by atoms with Crippen LogP contribution >= 0.6 is 11.6 Å². The van der Waals surface area contributed by atoms with Crippen LogP contribution in [-0.2, 0) is 11.0 Å². The Kier molecular flexibility index (Phi) is 6.17. The predicted octanol–water partition coefficient (Wildman–Crippen LogP) is 4.70. The number of aromatic carboxylic acids is 1. The quantitative estimate of drug-likeness (QED) is 0.694. The first-order valence-electron chi connectivity index (χ1n) is 7.34. The topological polar surface area (TPSA) is 93.1 Å². The van der Waals surface area contributed by atoms with Gasteiger partial charge in [-0.25, -0.2) is 4.79 Å². The summed E-state index contributed by atoms with van der Waals surface area (Å²) in [5.74, 6) is -2.64. The molecule has 0 aromatic heterocycles. The first-order valence-corrected chi connectivity index (χ1v) is 7.72. The number of carboxylic acids is 2. The minimum atomic E-state index is -4.56. The Morgan fingerprint density at radius 1 is 1.04 bits per heavy atom. The van der Waals surface area contributed by atoms with Crippen LogP contribution in [0.4, 0.5) is 13.2 Å². The van der Waals surface area contributed by atoms with Gasteiger partial charge in [-0.1, -0.05) is 11.6 Å². The van der Waals surface area contributed by atoms with Crippen LogP contribution in [0.15, 0.2) is 36.4 Å². The highest BCUT2D eigenvalue weighted by molar-refractivity contribution is 6.32. The molecule has 2 aromatic rings. The molecule has 0 aliphatic heterocycles. The van der Waals surface area contributed by atoms with E-state index in [1.165, 1.54) is 12.1 Å². The van der Waals surface area contributed by atoms with Crippen molar-refractivity contribution in [2.75, 3.05) is 6.61 Å². The number of halogens is 4. The van der Waals surface area contributed by atoms with Crippen molar-refractivity contribution in [3.05, 3.63) is 52.5 Å². The third-order valence-corrected chi connectivity index (χ3v) is 3.54. The van der Waals surface area contributed by atoms with Crippen molar-refractivity contribution in [2.45, 2.75) is 12.6 Å². The summed E-state index contributed by atoms with van der Waals surface area (Å²) in [5.41, 5.74) is -1.26. The van der Waals surface area contributed by atoms with Crippen molar-refractivity contribution in [3.63, 3.8) is 0 Å². The van der Waals surface area contributed by atoms with E-state index in [4.69, 9.17) is 26.2 Å². The van der Waals surface area contributed by atoms with Gasteiger partial charge in [0.1, 0.15) is 22.8 Å². The zero-order chi connectivity index (χ0) is 20.2. The third-order valence-electron chi connectivity index (χ3n) is 3.24. The van der Waals surface area contributed by atoms with Crippen LogP contribution in [0.2, 0.25) is 5.02 Å². The molecule has 6 nitrogen and oxygen atoms in total. The van der Waals surface area contributed by atoms with Crippen LogP contribution < -0.4 is 9.47 Å². The molecule has 0 heterocycles. The maximum absolute atomic E-state index is 12.6. The highest BCUT2D eigenvalue weighted by Gasteiger charge is 2.31. The van der Waals surface area contributed by atoms with Gasteiger partial charge in [-0.05, 0) is 36.4 Å². The third kappa shape index (κ3) is 5.52. The summed E-state index contributed by atoms with van der Waals surface area (Å²) in [4.78, 5) is 21.8. The summed E-state index contributed by atoms with van der Waals surface area (Å²) in [5, 5.41) is 17.5. The number of hydrogen-bond donors (Lipinski definition) is 2. The molecule has 0 unspecified atom stereocenters. The number of carbonyl (C=O) groups is 2. The van der Waals surface area contributed by atoms with Crippen LogP contribution in [0.25, 0.3) is 0 Å². The molecule has 0 aliphatic carbocycles. The number of rotatable bonds is 7. The minimum absolute atomic E-state index is 0.000330. The maximum Gasteiger partial charge on any atom is 0.416 e. The second kappa shape index (κ2) is 8.17. The van der Waals surface area contributed by atoms with Gasteiger partial charge in [-0.2, -0.15) is 13.2 Å². The molecule has 2 rings (SSSR count). The lowest BCUT2D eigenvalue weighted by Crippen LogP contribution is -2.08. The zero-order valence-corrected chi connectivity index (χ0v) is 14.2. The Morgan fingerprint density at radius 2 is 1.70 bits per heavy atom. The van der Waals surface area contributed by atoms with Crippen LogP contribution in [0, 0.1) is 0 Å². The van der Waals surface area contributed by atoms with E-state index < -0.39 is 23.7 Å². The molecule has 0 atom stereocenters. The van der Waals surface area contributed by atoms with Gasteiger partial charge < -0.3 is 19.7 Å². The lowest BCUT2D eigenvalue weighted by molar-refractivity contribution is -0.138. The zero-order valence-electron chi connectivity index (χ0n) is 13.4. The van der Waals surface area contributed by atoms with E-state index in [1.807, 2.05) is 0 Å². The number of hydrogen-bond acceptors (Lipinski definition) is 4.